The monoisotopic (exact) mass is 673 g/mol. The zero-order valence-corrected chi connectivity index (χ0v) is 28.5. The van der Waals surface area contributed by atoms with E-state index >= 15 is 0 Å². The summed E-state index contributed by atoms with van der Waals surface area (Å²) >= 11 is 0. The molecule has 49 heavy (non-hydrogen) atoms. The highest BCUT2D eigenvalue weighted by atomic mass is 16.6. The fourth-order valence-corrected chi connectivity index (χ4v) is 6.05. The van der Waals surface area contributed by atoms with E-state index < -0.39 is 17.5 Å². The van der Waals surface area contributed by atoms with E-state index in [1.807, 2.05) is 44.9 Å². The molecule has 5 rings (SSSR count). The largest absolute Gasteiger partial charge is 0.444 e. The van der Waals surface area contributed by atoms with E-state index in [4.69, 9.17) is 10.00 Å². The molecule has 0 bridgehead atoms. The Morgan fingerprint density at radius 3 is 2.47 bits per heavy atom. The van der Waals surface area contributed by atoms with E-state index in [0.717, 1.165) is 12.1 Å². The predicted molar refractivity (Wildman–Crippen MR) is 182 cm³/mol. The topological polar surface area (TPSA) is 182 Å². The van der Waals surface area contributed by atoms with Gasteiger partial charge in [0.2, 0.25) is 11.8 Å². The second kappa shape index (κ2) is 14.8. The molecule has 2 fully saturated rings. The summed E-state index contributed by atoms with van der Waals surface area (Å²) < 4.78 is 6.79. The second-order valence-corrected chi connectivity index (χ2v) is 13.3. The van der Waals surface area contributed by atoms with Crippen LogP contribution in [-0.4, -0.2) is 118 Å². The molecule has 0 saturated carbocycles. The van der Waals surface area contributed by atoms with Crippen molar-refractivity contribution in [2.24, 2.45) is 5.92 Å². The average Bonchev–Trinajstić information content (AvgIpc) is 3.51. The molecule has 2 aliphatic rings. The molecule has 5 heterocycles. The van der Waals surface area contributed by atoms with Crippen LogP contribution in [0.25, 0.3) is 11.0 Å². The standard InChI is InChI=1S/C33H43N11O5/c1-22-9-12-43(28(46)8-11-34)20-25(22)40(5)29-24-10-13-44(30(24)38-21-37-29)31(47)36-19-27(45)39-26-7-6-23(18-35-26)41-14-16-42(17-15-41)32(48)49-33(2,3)4/h6-7,10,13,18,21-22,25H,8-9,12,14-17,19-20H2,1-5H3,(H,36,47)(H,35,39,45)/t22-,25+/m1/s1. The molecule has 3 aromatic rings. The number of piperidine rings is 1. The molecule has 16 heteroatoms. The maximum Gasteiger partial charge on any atom is 0.410 e. The van der Waals surface area contributed by atoms with Crippen LogP contribution in [0.5, 0.6) is 0 Å². The maximum absolute atomic E-state index is 13.1. The first-order valence-electron chi connectivity index (χ1n) is 16.3. The van der Waals surface area contributed by atoms with Crippen LogP contribution in [0.2, 0.25) is 0 Å². The number of aromatic nitrogens is 4. The SMILES string of the molecule is C[C@@H]1CCN(C(=O)CC#N)C[C@@H]1N(C)c1ncnc2c1ccn2C(=O)NCC(=O)Nc1ccc(N2CCN(C(=O)OC(C)(C)C)CC2)cn1. The Balaban J connectivity index is 1.14. The number of piperazine rings is 1. The minimum Gasteiger partial charge on any atom is -0.444 e. The van der Waals surface area contributed by atoms with Crippen LogP contribution in [0.1, 0.15) is 40.5 Å². The Morgan fingerprint density at radius 1 is 1.04 bits per heavy atom. The summed E-state index contributed by atoms with van der Waals surface area (Å²) in [6.07, 6.45) is 4.93. The van der Waals surface area contributed by atoms with Gasteiger partial charge in [0.1, 0.15) is 30.0 Å². The van der Waals surface area contributed by atoms with Gasteiger partial charge in [-0.3, -0.25) is 14.2 Å². The third kappa shape index (κ3) is 8.34. The zero-order chi connectivity index (χ0) is 35.3. The van der Waals surface area contributed by atoms with Gasteiger partial charge in [-0.25, -0.2) is 24.5 Å². The van der Waals surface area contributed by atoms with Crippen LogP contribution in [0, 0.1) is 17.2 Å². The average molecular weight is 674 g/mol. The van der Waals surface area contributed by atoms with Crippen LogP contribution in [0.15, 0.2) is 36.9 Å². The molecule has 0 unspecified atom stereocenters. The van der Waals surface area contributed by atoms with Gasteiger partial charge >= 0.3 is 12.1 Å². The van der Waals surface area contributed by atoms with Crippen LogP contribution in [-0.2, 0) is 14.3 Å². The summed E-state index contributed by atoms with van der Waals surface area (Å²) in [6.45, 7) is 10.7. The highest BCUT2D eigenvalue weighted by Gasteiger charge is 2.33. The summed E-state index contributed by atoms with van der Waals surface area (Å²) in [6, 6.07) is 6.63. The van der Waals surface area contributed by atoms with Crippen molar-refractivity contribution in [2.75, 3.05) is 68.0 Å². The number of nitrogens with zero attached hydrogens (tertiary/aromatic N) is 9. The molecule has 16 nitrogen and oxygen atoms in total. The maximum atomic E-state index is 13.1. The summed E-state index contributed by atoms with van der Waals surface area (Å²) in [5.41, 5.74) is 0.695. The molecular formula is C33H43N11O5. The lowest BCUT2D eigenvalue weighted by molar-refractivity contribution is -0.131. The van der Waals surface area contributed by atoms with E-state index in [9.17, 15) is 19.2 Å². The van der Waals surface area contributed by atoms with Crippen LogP contribution >= 0.6 is 0 Å². The Bertz CT molecular complexity index is 1720. The second-order valence-electron chi connectivity index (χ2n) is 13.3. The number of hydrogen-bond acceptors (Lipinski definition) is 11. The van der Waals surface area contributed by atoms with Gasteiger partial charge in [0, 0.05) is 52.5 Å². The molecule has 0 radical (unpaired) electrons. The predicted octanol–water partition coefficient (Wildman–Crippen LogP) is 2.67. The van der Waals surface area contributed by atoms with Crippen molar-refractivity contribution < 1.29 is 23.9 Å². The number of ether oxygens (including phenoxy) is 1. The first kappa shape index (κ1) is 34.9. The first-order valence-corrected chi connectivity index (χ1v) is 16.3. The van der Waals surface area contributed by atoms with Crippen molar-refractivity contribution in [2.45, 2.75) is 52.2 Å². The number of nitrogens with one attached hydrogen (secondary N) is 2. The molecule has 0 spiro atoms. The van der Waals surface area contributed by atoms with Crippen molar-refractivity contribution in [3.05, 3.63) is 36.9 Å². The Hall–Kier alpha value is -5.46. The highest BCUT2D eigenvalue weighted by molar-refractivity contribution is 5.97. The normalized spacial score (nSPS) is 18.1. The van der Waals surface area contributed by atoms with Crippen LogP contribution < -0.4 is 20.4 Å². The summed E-state index contributed by atoms with van der Waals surface area (Å²) in [7, 11) is 1.90. The Kier molecular flexibility index (Phi) is 10.5. The first-order chi connectivity index (χ1) is 23.3. The van der Waals surface area contributed by atoms with E-state index in [1.54, 1.807) is 34.3 Å². The van der Waals surface area contributed by atoms with Gasteiger partial charge in [-0.1, -0.05) is 6.92 Å². The Morgan fingerprint density at radius 2 is 1.80 bits per heavy atom. The number of carbonyl (C=O) groups is 4. The van der Waals surface area contributed by atoms with Crippen LogP contribution in [0.3, 0.4) is 0 Å². The van der Waals surface area contributed by atoms with Crippen molar-refractivity contribution in [3.63, 3.8) is 0 Å². The summed E-state index contributed by atoms with van der Waals surface area (Å²) in [4.78, 5) is 71.2. The zero-order valence-electron chi connectivity index (χ0n) is 28.5. The Labute approximate surface area is 285 Å². The number of likely N-dealkylation sites (tertiary alicyclic amines) is 1. The molecular weight excluding hydrogens is 630 g/mol. The smallest absolute Gasteiger partial charge is 0.410 e. The van der Waals surface area contributed by atoms with Gasteiger partial charge in [-0.2, -0.15) is 5.26 Å². The lowest BCUT2D eigenvalue weighted by Crippen LogP contribution is -2.52. The van der Waals surface area contributed by atoms with Gasteiger partial charge in [0.15, 0.2) is 5.65 Å². The molecule has 3 aromatic heterocycles. The van der Waals surface area contributed by atoms with Gasteiger partial charge in [-0.15, -0.1) is 0 Å². The van der Waals surface area contributed by atoms with E-state index in [0.29, 0.717) is 61.9 Å². The molecule has 4 amide bonds. The third-order valence-corrected chi connectivity index (χ3v) is 8.72. The van der Waals surface area contributed by atoms with E-state index in [2.05, 4.69) is 37.4 Å². The van der Waals surface area contributed by atoms with Gasteiger partial charge in [0.25, 0.3) is 0 Å². The molecule has 2 atom stereocenters. The number of likely N-dealkylation sites (N-methyl/N-ethyl adjacent to an activating group) is 1. The van der Waals surface area contributed by atoms with Crippen molar-refractivity contribution in [3.8, 4) is 6.07 Å². The molecule has 2 aliphatic heterocycles. The number of fused-ring (bicyclic) bond motifs is 1. The summed E-state index contributed by atoms with van der Waals surface area (Å²) in [5, 5.41) is 14.9. The van der Waals surface area contributed by atoms with E-state index in [-0.39, 0.29) is 36.9 Å². The van der Waals surface area contributed by atoms with Crippen LogP contribution in [0.4, 0.5) is 26.9 Å². The third-order valence-electron chi connectivity index (χ3n) is 8.72. The molecule has 2 saturated heterocycles. The fraction of sp³-hybridized carbons (Fsp3) is 0.515. The quantitative estimate of drug-likeness (QED) is 0.376. The van der Waals surface area contributed by atoms with Gasteiger partial charge in [-0.05, 0) is 51.3 Å². The van der Waals surface area contributed by atoms with Crippen molar-refractivity contribution >= 4 is 52.3 Å². The number of hydrogen-bond donors (Lipinski definition) is 2. The number of pyridine rings is 1. The molecule has 0 aromatic carbocycles. The fourth-order valence-electron chi connectivity index (χ4n) is 6.05. The minimum atomic E-state index is -0.545. The lowest BCUT2D eigenvalue weighted by atomic mass is 9.92. The number of rotatable bonds is 7. The van der Waals surface area contributed by atoms with Crippen molar-refractivity contribution in [1.29, 1.82) is 5.26 Å². The number of anilines is 3. The highest BCUT2D eigenvalue weighted by Crippen LogP contribution is 2.29. The number of nitriles is 1. The molecule has 2 N–H and O–H groups in total. The van der Waals surface area contributed by atoms with Gasteiger partial charge in [0.05, 0.1) is 35.9 Å². The minimum absolute atomic E-state index is 0.0487. The van der Waals surface area contributed by atoms with E-state index in [1.165, 1.54) is 10.9 Å². The van der Waals surface area contributed by atoms with Crippen molar-refractivity contribution in [1.82, 2.24) is 34.6 Å². The number of carbonyl (C=O) groups excluding carboxylic acids is 4. The number of amides is 4. The molecule has 260 valence electrons. The lowest BCUT2D eigenvalue weighted by Gasteiger charge is -2.42. The van der Waals surface area contributed by atoms with Gasteiger partial charge < -0.3 is 35.0 Å². The molecule has 0 aliphatic carbocycles. The summed E-state index contributed by atoms with van der Waals surface area (Å²) in [5.74, 6) is 0.574.